The van der Waals surface area contributed by atoms with Crippen molar-refractivity contribution in [2.45, 2.75) is 19.3 Å². The number of hydrogen-bond acceptors (Lipinski definition) is 3. The zero-order valence-corrected chi connectivity index (χ0v) is 35.5. The first-order valence-corrected chi connectivity index (χ1v) is 22.1. The molecule has 0 bridgehead atoms. The van der Waals surface area contributed by atoms with Crippen molar-refractivity contribution < 1.29 is 8.83 Å². The summed E-state index contributed by atoms with van der Waals surface area (Å²) in [4.78, 5) is 2.46. The molecule has 12 aromatic rings. The summed E-state index contributed by atoms with van der Waals surface area (Å²) in [5, 5.41) is 6.77. The highest BCUT2D eigenvalue weighted by Gasteiger charge is 2.37. The summed E-state index contributed by atoms with van der Waals surface area (Å²) in [6.07, 6.45) is 0. The molecule has 10 aromatic carbocycles. The highest BCUT2D eigenvalue weighted by molar-refractivity contribution is 6.13. The van der Waals surface area contributed by atoms with Crippen LogP contribution in [-0.4, -0.2) is 0 Å². The quantitative estimate of drug-likeness (QED) is 0.167. The standard InChI is InChI=1S/C61H41NO2/c1-61(2)50-25-9-5-21-49(50)59-47(23-13-26-51(59)61)43-18-6-10-27-52(43)62(54-29-15-24-48-45-20-8-12-31-56(45)64-60(48)54)53-28-14-22-42(58(53)41-33-32-38-16-3-4-17-39(38)36-41)40-34-35-46-44-19-7-11-30-55(44)63-57(46)37-40/h3-37H,1-2H3. The minimum atomic E-state index is -0.144. The second kappa shape index (κ2) is 13.9. The van der Waals surface area contributed by atoms with Crippen molar-refractivity contribution >= 4 is 71.7 Å². The summed E-state index contributed by atoms with van der Waals surface area (Å²) < 4.78 is 13.5. The highest BCUT2D eigenvalue weighted by atomic mass is 16.3. The lowest BCUT2D eigenvalue weighted by Crippen LogP contribution is -2.15. The van der Waals surface area contributed by atoms with E-state index in [1.165, 1.54) is 38.6 Å². The Hall–Kier alpha value is -8.14. The summed E-state index contributed by atoms with van der Waals surface area (Å²) in [6, 6.07) is 76.8. The molecule has 0 N–H and O–H groups in total. The van der Waals surface area contributed by atoms with Crippen LogP contribution < -0.4 is 4.90 Å². The van der Waals surface area contributed by atoms with E-state index in [4.69, 9.17) is 8.83 Å². The van der Waals surface area contributed by atoms with Crippen LogP contribution in [0, 0.1) is 0 Å². The number of furan rings is 2. The van der Waals surface area contributed by atoms with Crippen LogP contribution in [0.5, 0.6) is 0 Å². The van der Waals surface area contributed by atoms with Gasteiger partial charge in [-0.3, -0.25) is 0 Å². The molecule has 0 saturated carbocycles. The van der Waals surface area contributed by atoms with E-state index < -0.39 is 0 Å². The Morgan fingerprint density at radius 3 is 1.80 bits per heavy atom. The molecule has 0 saturated heterocycles. The maximum absolute atomic E-state index is 6.94. The Bertz CT molecular complexity index is 3840. The zero-order valence-electron chi connectivity index (χ0n) is 35.5. The second-order valence-corrected chi connectivity index (χ2v) is 17.6. The van der Waals surface area contributed by atoms with E-state index in [0.717, 1.165) is 88.8 Å². The van der Waals surface area contributed by atoms with Gasteiger partial charge in [-0.25, -0.2) is 0 Å². The smallest absolute Gasteiger partial charge is 0.159 e. The predicted molar refractivity (Wildman–Crippen MR) is 267 cm³/mol. The van der Waals surface area contributed by atoms with Gasteiger partial charge in [-0.05, 0) is 104 Å². The summed E-state index contributed by atoms with van der Waals surface area (Å²) in [5.74, 6) is 0. The van der Waals surface area contributed by atoms with Crippen LogP contribution in [0.25, 0.3) is 99.2 Å². The van der Waals surface area contributed by atoms with Crippen LogP contribution in [0.3, 0.4) is 0 Å². The lowest BCUT2D eigenvalue weighted by molar-refractivity contribution is 0.660. The van der Waals surface area contributed by atoms with Crippen molar-refractivity contribution in [3.63, 3.8) is 0 Å². The number of anilines is 3. The first kappa shape index (κ1) is 36.5. The second-order valence-electron chi connectivity index (χ2n) is 17.6. The Balaban J connectivity index is 1.14. The molecule has 3 nitrogen and oxygen atoms in total. The van der Waals surface area contributed by atoms with Gasteiger partial charge >= 0.3 is 0 Å². The van der Waals surface area contributed by atoms with Crippen LogP contribution in [0.15, 0.2) is 221 Å². The average Bonchev–Trinajstić information content (AvgIpc) is 3.99. The third-order valence-corrected chi connectivity index (χ3v) is 13.7. The fraction of sp³-hybridized carbons (Fsp3) is 0.0492. The van der Waals surface area contributed by atoms with E-state index >= 15 is 0 Å². The lowest BCUT2D eigenvalue weighted by Gasteiger charge is -2.31. The summed E-state index contributed by atoms with van der Waals surface area (Å²) in [6.45, 7) is 4.71. The van der Waals surface area contributed by atoms with E-state index in [2.05, 4.69) is 213 Å². The van der Waals surface area contributed by atoms with Crippen LogP contribution >= 0.6 is 0 Å². The summed E-state index contributed by atoms with van der Waals surface area (Å²) >= 11 is 0. The first-order chi connectivity index (χ1) is 31.5. The average molecular weight is 820 g/mol. The molecule has 0 fully saturated rings. The summed E-state index contributed by atoms with van der Waals surface area (Å²) in [5.41, 5.74) is 18.4. The molecule has 0 atom stereocenters. The zero-order chi connectivity index (χ0) is 42.5. The molecule has 0 unspecified atom stereocenters. The van der Waals surface area contributed by atoms with Crippen LogP contribution in [0.2, 0.25) is 0 Å². The molecule has 0 radical (unpaired) electrons. The SMILES string of the molecule is CC1(C)c2ccccc2-c2c(-c3ccccc3N(c3cccc(-c4ccc5c(c4)oc4ccccc45)c3-c3ccc4ccccc4c3)c3cccc4c3oc3ccccc34)cccc21. The molecular weight excluding hydrogens is 779 g/mol. The molecule has 3 heteroatoms. The van der Waals surface area contributed by atoms with E-state index in [1.807, 2.05) is 18.2 Å². The molecule has 13 rings (SSSR count). The van der Waals surface area contributed by atoms with Gasteiger partial charge in [-0.2, -0.15) is 0 Å². The van der Waals surface area contributed by atoms with Crippen molar-refractivity contribution in [3.05, 3.63) is 223 Å². The maximum Gasteiger partial charge on any atom is 0.159 e. The van der Waals surface area contributed by atoms with Gasteiger partial charge in [-0.1, -0.05) is 178 Å². The number of rotatable bonds is 6. The van der Waals surface area contributed by atoms with E-state index in [9.17, 15) is 0 Å². The van der Waals surface area contributed by atoms with Gasteiger partial charge in [0, 0.05) is 38.1 Å². The van der Waals surface area contributed by atoms with Gasteiger partial charge in [0.1, 0.15) is 16.7 Å². The Kier molecular flexibility index (Phi) is 7.95. The summed E-state index contributed by atoms with van der Waals surface area (Å²) in [7, 11) is 0. The number of para-hydroxylation sites is 4. The third-order valence-electron chi connectivity index (χ3n) is 13.7. The van der Waals surface area contributed by atoms with Crippen LogP contribution in [-0.2, 0) is 5.41 Å². The van der Waals surface area contributed by atoms with Crippen LogP contribution in [0.4, 0.5) is 17.1 Å². The molecule has 1 aliphatic carbocycles. The maximum atomic E-state index is 6.94. The third kappa shape index (κ3) is 5.41. The van der Waals surface area contributed by atoms with E-state index in [0.29, 0.717) is 0 Å². The predicted octanol–water partition coefficient (Wildman–Crippen LogP) is 17.4. The van der Waals surface area contributed by atoms with Gasteiger partial charge in [0.05, 0.1) is 17.1 Å². The number of fused-ring (bicyclic) bond motifs is 10. The Morgan fingerprint density at radius 1 is 0.344 bits per heavy atom. The van der Waals surface area contributed by atoms with Crippen molar-refractivity contribution in [2.24, 2.45) is 0 Å². The molecule has 0 amide bonds. The molecule has 0 aliphatic heterocycles. The molecule has 2 aromatic heterocycles. The van der Waals surface area contributed by atoms with Gasteiger partial charge in [0.25, 0.3) is 0 Å². The highest BCUT2D eigenvalue weighted by Crippen LogP contribution is 2.55. The van der Waals surface area contributed by atoms with Crippen molar-refractivity contribution in [2.75, 3.05) is 4.90 Å². The number of benzene rings is 10. The van der Waals surface area contributed by atoms with Gasteiger partial charge in [0.15, 0.2) is 5.58 Å². The number of hydrogen-bond donors (Lipinski definition) is 0. The van der Waals surface area contributed by atoms with Crippen molar-refractivity contribution in [1.29, 1.82) is 0 Å². The molecule has 302 valence electrons. The first-order valence-electron chi connectivity index (χ1n) is 22.1. The van der Waals surface area contributed by atoms with Gasteiger partial charge in [-0.15, -0.1) is 0 Å². The van der Waals surface area contributed by atoms with E-state index in [1.54, 1.807) is 0 Å². The molecule has 64 heavy (non-hydrogen) atoms. The van der Waals surface area contributed by atoms with E-state index in [-0.39, 0.29) is 5.41 Å². The normalized spacial score (nSPS) is 13.0. The minimum Gasteiger partial charge on any atom is -0.456 e. The lowest BCUT2D eigenvalue weighted by atomic mass is 9.82. The molecule has 2 heterocycles. The van der Waals surface area contributed by atoms with Crippen molar-refractivity contribution in [3.8, 4) is 44.5 Å². The molecule has 0 spiro atoms. The van der Waals surface area contributed by atoms with Crippen LogP contribution in [0.1, 0.15) is 25.0 Å². The largest absolute Gasteiger partial charge is 0.456 e. The fourth-order valence-electron chi connectivity index (χ4n) is 10.7. The topological polar surface area (TPSA) is 29.5 Å². The monoisotopic (exact) mass is 819 g/mol. The molecular formula is C61H41NO2. The fourth-order valence-corrected chi connectivity index (χ4v) is 10.7. The van der Waals surface area contributed by atoms with Crippen molar-refractivity contribution in [1.82, 2.24) is 0 Å². The molecule has 1 aliphatic rings. The van der Waals surface area contributed by atoms with Gasteiger partial charge < -0.3 is 13.7 Å². The van der Waals surface area contributed by atoms with Gasteiger partial charge in [0.2, 0.25) is 0 Å². The Morgan fingerprint density at radius 2 is 0.922 bits per heavy atom. The Labute approximate surface area is 371 Å². The number of nitrogens with zero attached hydrogens (tertiary/aromatic N) is 1. The minimum absolute atomic E-state index is 0.144.